The zero-order chi connectivity index (χ0) is 32.2. The standard InChI is InChI=1S/C37H44N6O3/c1-5-9-35(44)42(15-7-3)21-33-38-20-31(40-33)25-11-13-27-26(17-25)23-46-32-19-28-24(18-29(27)32)12-14-30-37(28)41-34(39-30)22-43(16-8-4)36(45)10-6-2/h11-14,17-20H,5-10,15-16,21-23H2,1-4H3,(H,38,40)(H,39,41). The number of rotatable bonds is 13. The SMILES string of the molecule is CCCC(=O)N(CCC)Cc1ncc(-c2ccc3c(c2)COc2cc4c(ccc5[nH]c(CN(CCC)C(=O)CCC)nc54)cc2-3)[nH]1. The van der Waals surface area contributed by atoms with Crippen LogP contribution in [-0.2, 0) is 29.3 Å². The van der Waals surface area contributed by atoms with Crippen LogP contribution in [-0.4, -0.2) is 54.6 Å². The van der Waals surface area contributed by atoms with Crippen molar-refractivity contribution in [2.45, 2.75) is 85.9 Å². The highest BCUT2D eigenvalue weighted by Gasteiger charge is 2.22. The van der Waals surface area contributed by atoms with E-state index < -0.39 is 0 Å². The van der Waals surface area contributed by atoms with Gasteiger partial charge in [-0.2, -0.15) is 0 Å². The summed E-state index contributed by atoms with van der Waals surface area (Å²) in [4.78, 5) is 45.5. The van der Waals surface area contributed by atoms with Crippen LogP contribution in [0.25, 0.3) is 44.2 Å². The summed E-state index contributed by atoms with van der Waals surface area (Å²) in [6, 6.07) is 14.9. The van der Waals surface area contributed by atoms with Crippen LogP contribution in [0.1, 0.15) is 83.4 Å². The lowest BCUT2D eigenvalue weighted by Crippen LogP contribution is -2.31. The zero-order valence-electron chi connectivity index (χ0n) is 27.4. The highest BCUT2D eigenvalue weighted by molar-refractivity contribution is 6.07. The molecule has 0 radical (unpaired) electrons. The van der Waals surface area contributed by atoms with Crippen molar-refractivity contribution >= 4 is 33.6 Å². The van der Waals surface area contributed by atoms with E-state index >= 15 is 0 Å². The fraction of sp³-hybridized carbons (Fsp3) is 0.405. The van der Waals surface area contributed by atoms with Crippen molar-refractivity contribution in [3.05, 3.63) is 65.9 Å². The van der Waals surface area contributed by atoms with Crippen LogP contribution >= 0.6 is 0 Å². The lowest BCUT2D eigenvalue weighted by atomic mass is 9.92. The molecule has 2 N–H and O–H groups in total. The molecule has 46 heavy (non-hydrogen) atoms. The van der Waals surface area contributed by atoms with Gasteiger partial charge in [0.15, 0.2) is 0 Å². The van der Waals surface area contributed by atoms with Crippen LogP contribution in [0.15, 0.2) is 48.7 Å². The van der Waals surface area contributed by atoms with Gasteiger partial charge in [0.2, 0.25) is 11.8 Å². The molecule has 9 heteroatoms. The first kappa shape index (κ1) is 31.3. The molecule has 0 unspecified atom stereocenters. The maximum absolute atomic E-state index is 12.7. The van der Waals surface area contributed by atoms with Crippen molar-refractivity contribution in [3.8, 4) is 28.1 Å². The third kappa shape index (κ3) is 6.36. The molecule has 0 fully saturated rings. The van der Waals surface area contributed by atoms with E-state index in [0.29, 0.717) is 32.5 Å². The molecule has 0 aliphatic carbocycles. The number of carbonyl (C=O) groups excluding carboxylic acids is 2. The number of aromatic nitrogens is 4. The van der Waals surface area contributed by atoms with Crippen LogP contribution in [0.5, 0.6) is 5.75 Å². The summed E-state index contributed by atoms with van der Waals surface area (Å²) in [6.45, 7) is 11.1. The number of benzene rings is 3. The van der Waals surface area contributed by atoms with E-state index in [2.05, 4.69) is 71.3 Å². The first-order valence-corrected chi connectivity index (χ1v) is 16.7. The average molecular weight is 621 g/mol. The maximum atomic E-state index is 12.7. The molecule has 240 valence electrons. The second-order valence-corrected chi connectivity index (χ2v) is 12.2. The van der Waals surface area contributed by atoms with Gasteiger partial charge in [-0.15, -0.1) is 0 Å². The molecule has 0 saturated carbocycles. The molecule has 0 spiro atoms. The van der Waals surface area contributed by atoms with Crippen LogP contribution in [0, 0.1) is 0 Å². The highest BCUT2D eigenvalue weighted by atomic mass is 16.5. The van der Waals surface area contributed by atoms with Gasteiger partial charge < -0.3 is 24.5 Å². The number of H-pyrrole nitrogens is 2. The van der Waals surface area contributed by atoms with Crippen molar-refractivity contribution < 1.29 is 14.3 Å². The van der Waals surface area contributed by atoms with Crippen molar-refractivity contribution in [1.82, 2.24) is 29.7 Å². The molecule has 6 rings (SSSR count). The van der Waals surface area contributed by atoms with E-state index in [-0.39, 0.29) is 11.8 Å². The molecular weight excluding hydrogens is 576 g/mol. The van der Waals surface area contributed by atoms with Crippen molar-refractivity contribution in [2.75, 3.05) is 13.1 Å². The largest absolute Gasteiger partial charge is 0.488 e. The Morgan fingerprint density at radius 3 is 2.22 bits per heavy atom. The molecule has 0 saturated heterocycles. The Morgan fingerprint density at radius 2 is 1.52 bits per heavy atom. The highest BCUT2D eigenvalue weighted by Crippen LogP contribution is 2.42. The third-order valence-electron chi connectivity index (χ3n) is 8.64. The van der Waals surface area contributed by atoms with Crippen LogP contribution < -0.4 is 4.74 Å². The number of fused-ring (bicyclic) bond motifs is 6. The molecule has 2 aromatic heterocycles. The number of nitrogens with zero attached hydrogens (tertiary/aromatic N) is 4. The molecule has 2 amide bonds. The Balaban J connectivity index is 1.26. The average Bonchev–Trinajstić information content (AvgIpc) is 3.70. The first-order valence-electron chi connectivity index (χ1n) is 16.7. The van der Waals surface area contributed by atoms with E-state index in [1.807, 2.05) is 29.8 Å². The predicted molar refractivity (Wildman–Crippen MR) is 182 cm³/mol. The molecular formula is C37H44N6O3. The second kappa shape index (κ2) is 13.8. The smallest absolute Gasteiger partial charge is 0.222 e. The number of imidazole rings is 2. The van der Waals surface area contributed by atoms with E-state index in [1.165, 1.54) is 0 Å². The van der Waals surface area contributed by atoms with E-state index in [9.17, 15) is 9.59 Å². The molecule has 9 nitrogen and oxygen atoms in total. The van der Waals surface area contributed by atoms with E-state index in [4.69, 9.17) is 9.72 Å². The Bertz CT molecular complexity index is 1870. The lowest BCUT2D eigenvalue weighted by molar-refractivity contribution is -0.132. The fourth-order valence-electron chi connectivity index (χ4n) is 6.40. The van der Waals surface area contributed by atoms with Gasteiger partial charge in [-0.05, 0) is 72.0 Å². The molecule has 1 aliphatic heterocycles. The van der Waals surface area contributed by atoms with E-state index in [1.54, 1.807) is 0 Å². The summed E-state index contributed by atoms with van der Waals surface area (Å²) in [7, 11) is 0. The Hall–Kier alpha value is -4.66. The van der Waals surface area contributed by atoms with Crippen LogP contribution in [0.2, 0.25) is 0 Å². The monoisotopic (exact) mass is 620 g/mol. The Morgan fingerprint density at radius 1 is 0.804 bits per heavy atom. The minimum Gasteiger partial charge on any atom is -0.488 e. The number of ether oxygens (including phenoxy) is 1. The number of carbonyl (C=O) groups is 2. The quantitative estimate of drug-likeness (QED) is 0.140. The maximum Gasteiger partial charge on any atom is 0.222 e. The van der Waals surface area contributed by atoms with Crippen LogP contribution in [0.3, 0.4) is 0 Å². The van der Waals surface area contributed by atoms with Gasteiger partial charge in [0.25, 0.3) is 0 Å². The summed E-state index contributed by atoms with van der Waals surface area (Å²) in [5.74, 6) is 2.77. The Labute approximate surface area is 270 Å². The number of amides is 2. The molecule has 0 atom stereocenters. The summed E-state index contributed by atoms with van der Waals surface area (Å²) in [5.41, 5.74) is 7.13. The number of hydrogen-bond acceptors (Lipinski definition) is 5. The Kier molecular flexibility index (Phi) is 9.38. The summed E-state index contributed by atoms with van der Waals surface area (Å²) < 4.78 is 6.33. The van der Waals surface area contributed by atoms with Gasteiger partial charge in [-0.1, -0.05) is 45.9 Å². The van der Waals surface area contributed by atoms with E-state index in [0.717, 1.165) is 106 Å². The van der Waals surface area contributed by atoms with Gasteiger partial charge in [0.05, 0.1) is 36.0 Å². The first-order chi connectivity index (χ1) is 22.4. The molecule has 1 aliphatic rings. The van der Waals surface area contributed by atoms with Crippen molar-refractivity contribution in [3.63, 3.8) is 0 Å². The lowest BCUT2D eigenvalue weighted by Gasteiger charge is -2.22. The van der Waals surface area contributed by atoms with Gasteiger partial charge in [0.1, 0.15) is 24.0 Å². The summed E-state index contributed by atoms with van der Waals surface area (Å²) in [5, 5.41) is 2.12. The van der Waals surface area contributed by atoms with Crippen LogP contribution in [0.4, 0.5) is 0 Å². The fourth-order valence-corrected chi connectivity index (χ4v) is 6.40. The number of aromatic amines is 2. The van der Waals surface area contributed by atoms with Crippen molar-refractivity contribution in [2.24, 2.45) is 0 Å². The minimum atomic E-state index is 0.171. The predicted octanol–water partition coefficient (Wildman–Crippen LogP) is 7.74. The number of nitrogens with one attached hydrogen (secondary N) is 2. The third-order valence-corrected chi connectivity index (χ3v) is 8.64. The van der Waals surface area contributed by atoms with Gasteiger partial charge in [-0.3, -0.25) is 9.59 Å². The summed E-state index contributed by atoms with van der Waals surface area (Å²) >= 11 is 0. The molecule has 3 heterocycles. The molecule has 0 bridgehead atoms. The van der Waals surface area contributed by atoms with Gasteiger partial charge in [-0.25, -0.2) is 9.97 Å². The number of hydrogen-bond donors (Lipinski definition) is 2. The second-order valence-electron chi connectivity index (χ2n) is 12.2. The molecule has 3 aromatic carbocycles. The van der Waals surface area contributed by atoms with Crippen molar-refractivity contribution in [1.29, 1.82) is 0 Å². The molecule has 5 aromatic rings. The van der Waals surface area contributed by atoms with Gasteiger partial charge in [0, 0.05) is 36.9 Å². The summed E-state index contributed by atoms with van der Waals surface area (Å²) in [6.07, 6.45) is 6.46. The normalized spacial score (nSPS) is 12.2. The topological polar surface area (TPSA) is 107 Å². The minimum absolute atomic E-state index is 0.171. The zero-order valence-corrected chi connectivity index (χ0v) is 27.4. The van der Waals surface area contributed by atoms with Gasteiger partial charge >= 0.3 is 0 Å².